The van der Waals surface area contributed by atoms with Crippen molar-refractivity contribution in [1.29, 1.82) is 0 Å². The molecular weight excluding hydrogens is 214 g/mol. The molecule has 3 unspecified atom stereocenters. The van der Waals surface area contributed by atoms with Crippen LogP contribution in [0.15, 0.2) is 0 Å². The molecule has 0 aromatic heterocycles. The fraction of sp³-hybridized carbons (Fsp3) is 0.929. The number of hydrogen-bond donors (Lipinski definition) is 1. The summed E-state index contributed by atoms with van der Waals surface area (Å²) in [5, 5.41) is 10.2. The zero-order valence-corrected chi connectivity index (χ0v) is 10.9. The van der Waals surface area contributed by atoms with Crippen LogP contribution in [0.1, 0.15) is 51.9 Å². The molecule has 0 aromatic carbocycles. The van der Waals surface area contributed by atoms with E-state index in [1.54, 1.807) is 0 Å². The number of aliphatic hydroxyl groups excluding tert-OH is 1. The summed E-state index contributed by atoms with van der Waals surface area (Å²) < 4.78 is 0. The summed E-state index contributed by atoms with van der Waals surface area (Å²) in [5.41, 5.74) is 0. The Morgan fingerprint density at radius 2 is 2.06 bits per heavy atom. The highest BCUT2D eigenvalue weighted by atomic mass is 16.3. The Kier molecular flexibility index (Phi) is 4.57. The first kappa shape index (κ1) is 13.0. The molecule has 98 valence electrons. The van der Waals surface area contributed by atoms with E-state index in [1.165, 1.54) is 12.8 Å². The molecule has 2 rings (SSSR count). The van der Waals surface area contributed by atoms with Gasteiger partial charge in [-0.25, -0.2) is 0 Å². The van der Waals surface area contributed by atoms with Crippen molar-refractivity contribution in [3.63, 3.8) is 0 Å². The minimum absolute atomic E-state index is 0.178. The predicted molar refractivity (Wildman–Crippen MR) is 67.9 cm³/mol. The first-order chi connectivity index (χ1) is 8.22. The normalized spacial score (nSPS) is 36.8. The van der Waals surface area contributed by atoms with Gasteiger partial charge in [-0.05, 0) is 19.3 Å². The molecule has 0 bridgehead atoms. The van der Waals surface area contributed by atoms with E-state index in [9.17, 15) is 9.90 Å². The number of likely N-dealkylation sites (tertiary alicyclic amines) is 1. The van der Waals surface area contributed by atoms with Gasteiger partial charge in [-0.2, -0.15) is 0 Å². The minimum Gasteiger partial charge on any atom is -0.391 e. The standard InChI is InChI=1S/C14H25NO2/c1-2-11-10-15(9-8-13(11)16)12-6-4-3-5-7-14(12)17/h11-12,14,17H,2-10H2,1H3. The van der Waals surface area contributed by atoms with Crippen molar-refractivity contribution < 1.29 is 9.90 Å². The first-order valence-corrected chi connectivity index (χ1v) is 7.17. The van der Waals surface area contributed by atoms with Gasteiger partial charge >= 0.3 is 0 Å². The number of hydrogen-bond acceptors (Lipinski definition) is 3. The fourth-order valence-electron chi connectivity index (χ4n) is 3.29. The Labute approximate surface area is 104 Å². The number of rotatable bonds is 2. The highest BCUT2D eigenvalue weighted by Crippen LogP contribution is 2.26. The van der Waals surface area contributed by atoms with Crippen LogP contribution in [0.4, 0.5) is 0 Å². The molecule has 1 aliphatic heterocycles. The summed E-state index contributed by atoms with van der Waals surface area (Å²) in [5.74, 6) is 0.631. The Morgan fingerprint density at radius 3 is 2.82 bits per heavy atom. The summed E-state index contributed by atoms with van der Waals surface area (Å²) in [6.07, 6.45) is 7.11. The number of aliphatic hydroxyl groups is 1. The topological polar surface area (TPSA) is 40.5 Å². The van der Waals surface area contributed by atoms with E-state index in [2.05, 4.69) is 11.8 Å². The van der Waals surface area contributed by atoms with Crippen LogP contribution in [0, 0.1) is 5.92 Å². The van der Waals surface area contributed by atoms with E-state index in [0.717, 1.165) is 38.8 Å². The van der Waals surface area contributed by atoms with E-state index in [4.69, 9.17) is 0 Å². The number of Topliss-reactive ketones (excluding diaryl/α,β-unsaturated/α-hetero) is 1. The monoisotopic (exact) mass is 239 g/mol. The maximum atomic E-state index is 11.7. The number of ketones is 1. The molecule has 17 heavy (non-hydrogen) atoms. The average molecular weight is 239 g/mol. The summed E-state index contributed by atoms with van der Waals surface area (Å²) in [6.45, 7) is 3.82. The maximum absolute atomic E-state index is 11.7. The van der Waals surface area contributed by atoms with Crippen molar-refractivity contribution in [2.24, 2.45) is 5.92 Å². The van der Waals surface area contributed by atoms with E-state index in [1.807, 2.05) is 0 Å². The van der Waals surface area contributed by atoms with E-state index in [-0.39, 0.29) is 12.0 Å². The van der Waals surface area contributed by atoms with Crippen molar-refractivity contribution in [3.05, 3.63) is 0 Å². The lowest BCUT2D eigenvalue weighted by molar-refractivity contribution is -0.128. The average Bonchev–Trinajstić information content (AvgIpc) is 2.55. The molecule has 3 heteroatoms. The third-order valence-corrected chi connectivity index (χ3v) is 4.46. The van der Waals surface area contributed by atoms with Crippen molar-refractivity contribution in [1.82, 2.24) is 4.90 Å². The first-order valence-electron chi connectivity index (χ1n) is 7.17. The van der Waals surface area contributed by atoms with E-state index >= 15 is 0 Å². The third-order valence-electron chi connectivity index (χ3n) is 4.46. The van der Waals surface area contributed by atoms with Gasteiger partial charge < -0.3 is 5.11 Å². The summed E-state index contributed by atoms with van der Waals surface area (Å²) in [4.78, 5) is 14.1. The molecule has 1 aliphatic carbocycles. The minimum atomic E-state index is -0.178. The molecule has 0 aromatic rings. The van der Waals surface area contributed by atoms with Crippen LogP contribution >= 0.6 is 0 Å². The Morgan fingerprint density at radius 1 is 1.29 bits per heavy atom. The van der Waals surface area contributed by atoms with Crippen LogP contribution < -0.4 is 0 Å². The van der Waals surface area contributed by atoms with Gasteiger partial charge in [0.2, 0.25) is 0 Å². The maximum Gasteiger partial charge on any atom is 0.138 e. The van der Waals surface area contributed by atoms with Crippen LogP contribution in [0.25, 0.3) is 0 Å². The van der Waals surface area contributed by atoms with Crippen molar-refractivity contribution in [2.75, 3.05) is 13.1 Å². The molecule has 0 radical (unpaired) electrons. The van der Waals surface area contributed by atoms with Gasteiger partial charge in [0.15, 0.2) is 0 Å². The molecule has 0 spiro atoms. The van der Waals surface area contributed by atoms with Gasteiger partial charge in [0.25, 0.3) is 0 Å². The summed E-state index contributed by atoms with van der Waals surface area (Å²) >= 11 is 0. The molecule has 1 saturated carbocycles. The van der Waals surface area contributed by atoms with Crippen LogP contribution in [-0.4, -0.2) is 41.0 Å². The molecule has 1 heterocycles. The van der Waals surface area contributed by atoms with Crippen LogP contribution in [0.2, 0.25) is 0 Å². The third kappa shape index (κ3) is 3.08. The Bertz CT molecular complexity index is 267. The second-order valence-corrected chi connectivity index (χ2v) is 5.59. The quantitative estimate of drug-likeness (QED) is 0.749. The second-order valence-electron chi connectivity index (χ2n) is 5.59. The molecule has 3 nitrogen and oxygen atoms in total. The molecule has 2 aliphatic rings. The van der Waals surface area contributed by atoms with Crippen molar-refractivity contribution in [2.45, 2.75) is 64.0 Å². The fourth-order valence-corrected chi connectivity index (χ4v) is 3.29. The zero-order valence-electron chi connectivity index (χ0n) is 10.9. The lowest BCUT2D eigenvalue weighted by atomic mass is 9.91. The van der Waals surface area contributed by atoms with Gasteiger partial charge in [0, 0.05) is 31.5 Å². The van der Waals surface area contributed by atoms with Gasteiger partial charge in [0.05, 0.1) is 6.10 Å². The Balaban J connectivity index is 1.98. The summed E-state index contributed by atoms with van der Waals surface area (Å²) in [6, 6.07) is 0.305. The lowest BCUT2D eigenvalue weighted by Gasteiger charge is -2.39. The molecule has 2 fully saturated rings. The van der Waals surface area contributed by atoms with Gasteiger partial charge in [-0.15, -0.1) is 0 Å². The van der Waals surface area contributed by atoms with Gasteiger partial charge in [0.1, 0.15) is 5.78 Å². The summed E-state index contributed by atoms with van der Waals surface area (Å²) in [7, 11) is 0. The molecular formula is C14H25NO2. The Hall–Kier alpha value is -0.410. The number of nitrogens with zero attached hydrogens (tertiary/aromatic N) is 1. The zero-order chi connectivity index (χ0) is 12.3. The van der Waals surface area contributed by atoms with E-state index < -0.39 is 0 Å². The van der Waals surface area contributed by atoms with Crippen LogP contribution in [0.5, 0.6) is 0 Å². The second kappa shape index (κ2) is 5.96. The van der Waals surface area contributed by atoms with E-state index in [0.29, 0.717) is 18.2 Å². The predicted octanol–water partition coefficient (Wildman–Crippen LogP) is 1.98. The lowest BCUT2D eigenvalue weighted by Crippen LogP contribution is -2.50. The number of piperidine rings is 1. The van der Waals surface area contributed by atoms with Gasteiger partial charge in [-0.3, -0.25) is 9.69 Å². The molecule has 3 atom stereocenters. The van der Waals surface area contributed by atoms with Crippen molar-refractivity contribution >= 4 is 5.78 Å². The van der Waals surface area contributed by atoms with Crippen LogP contribution in [-0.2, 0) is 4.79 Å². The highest BCUT2D eigenvalue weighted by Gasteiger charge is 2.33. The van der Waals surface area contributed by atoms with Crippen LogP contribution in [0.3, 0.4) is 0 Å². The number of carbonyl (C=O) groups is 1. The molecule has 1 N–H and O–H groups in total. The smallest absolute Gasteiger partial charge is 0.138 e. The largest absolute Gasteiger partial charge is 0.391 e. The number of carbonyl (C=O) groups excluding carboxylic acids is 1. The molecule has 0 amide bonds. The van der Waals surface area contributed by atoms with Gasteiger partial charge in [-0.1, -0.05) is 26.2 Å². The SMILES string of the molecule is CCC1CN(C2CCCCCC2O)CCC1=O. The van der Waals surface area contributed by atoms with Crippen molar-refractivity contribution in [3.8, 4) is 0 Å². The highest BCUT2D eigenvalue weighted by molar-refractivity contribution is 5.82. The molecule has 1 saturated heterocycles.